The molecule has 0 aliphatic carbocycles. The molecular formula is C14H23ClN2O. The molecule has 0 spiro atoms. The number of hydrogen-bond acceptors (Lipinski definition) is 3. The molecule has 0 fully saturated rings. The highest BCUT2D eigenvalue weighted by atomic mass is 35.5. The van der Waals surface area contributed by atoms with E-state index >= 15 is 0 Å². The number of ether oxygens (including phenoxy) is 1. The van der Waals surface area contributed by atoms with Crippen molar-refractivity contribution in [3.05, 3.63) is 28.8 Å². The third-order valence-corrected chi connectivity index (χ3v) is 3.16. The smallest absolute Gasteiger partial charge is 0.0637 e. The Bertz CT molecular complexity index is 369. The van der Waals surface area contributed by atoms with E-state index in [2.05, 4.69) is 24.8 Å². The Labute approximate surface area is 115 Å². The van der Waals surface area contributed by atoms with E-state index < -0.39 is 0 Å². The van der Waals surface area contributed by atoms with Crippen LogP contribution in [0.2, 0.25) is 5.02 Å². The van der Waals surface area contributed by atoms with Gasteiger partial charge in [0.2, 0.25) is 0 Å². The lowest BCUT2D eigenvalue weighted by Gasteiger charge is -2.31. The van der Waals surface area contributed by atoms with Crippen LogP contribution in [0.1, 0.15) is 19.4 Å². The molecule has 0 saturated carbocycles. The Hall–Kier alpha value is -0.770. The molecule has 0 atom stereocenters. The number of methoxy groups -OCH3 is 1. The Kier molecular flexibility index (Phi) is 6.47. The first kappa shape index (κ1) is 15.3. The quantitative estimate of drug-likeness (QED) is 0.828. The maximum atomic E-state index is 6.06. The molecule has 3 nitrogen and oxygen atoms in total. The number of halogens is 1. The first-order valence-electron chi connectivity index (χ1n) is 6.34. The number of benzene rings is 1. The molecule has 0 radical (unpaired) electrons. The lowest BCUT2D eigenvalue weighted by molar-refractivity contribution is 0.204. The molecule has 0 aliphatic heterocycles. The van der Waals surface area contributed by atoms with Gasteiger partial charge >= 0.3 is 0 Å². The summed E-state index contributed by atoms with van der Waals surface area (Å²) in [4.78, 5) is 2.32. The van der Waals surface area contributed by atoms with E-state index in [1.807, 2.05) is 12.1 Å². The highest BCUT2D eigenvalue weighted by molar-refractivity contribution is 6.30. The highest BCUT2D eigenvalue weighted by Gasteiger charge is 2.14. The van der Waals surface area contributed by atoms with E-state index in [0.717, 1.165) is 18.0 Å². The summed E-state index contributed by atoms with van der Waals surface area (Å²) < 4.78 is 5.18. The van der Waals surface area contributed by atoms with Crippen LogP contribution in [0.15, 0.2) is 18.2 Å². The van der Waals surface area contributed by atoms with Crippen molar-refractivity contribution in [2.24, 2.45) is 5.73 Å². The van der Waals surface area contributed by atoms with Gasteiger partial charge in [-0.25, -0.2) is 0 Å². The van der Waals surface area contributed by atoms with Gasteiger partial charge in [0.1, 0.15) is 0 Å². The summed E-state index contributed by atoms with van der Waals surface area (Å²) in [6.07, 6.45) is 0.839. The van der Waals surface area contributed by atoms with Crippen molar-refractivity contribution in [1.29, 1.82) is 0 Å². The number of rotatable bonds is 7. The topological polar surface area (TPSA) is 38.5 Å². The van der Waals surface area contributed by atoms with Crippen LogP contribution in [0.3, 0.4) is 0 Å². The second-order valence-corrected chi connectivity index (χ2v) is 5.03. The molecule has 0 heterocycles. The van der Waals surface area contributed by atoms with Gasteiger partial charge in [-0.05, 0) is 50.6 Å². The third-order valence-electron chi connectivity index (χ3n) is 2.92. The first-order chi connectivity index (χ1) is 8.60. The van der Waals surface area contributed by atoms with Crippen molar-refractivity contribution in [2.75, 3.05) is 31.7 Å². The van der Waals surface area contributed by atoms with Gasteiger partial charge in [0.25, 0.3) is 0 Å². The molecule has 4 heteroatoms. The highest BCUT2D eigenvalue weighted by Crippen LogP contribution is 2.26. The van der Waals surface area contributed by atoms with Crippen molar-refractivity contribution in [1.82, 2.24) is 0 Å². The monoisotopic (exact) mass is 270 g/mol. The molecule has 1 aromatic carbocycles. The standard InChI is InChI=1S/C14H23ClN2O/c1-11(2)17(8-9-18-3)14-5-4-13(15)10-12(14)6-7-16/h4-5,10-11H,6-9,16H2,1-3H3. The van der Waals surface area contributed by atoms with Crippen LogP contribution in [0.4, 0.5) is 5.69 Å². The minimum atomic E-state index is 0.415. The first-order valence-corrected chi connectivity index (χ1v) is 6.72. The van der Waals surface area contributed by atoms with Crippen LogP contribution in [-0.2, 0) is 11.2 Å². The zero-order valence-corrected chi connectivity index (χ0v) is 12.2. The predicted octanol–water partition coefficient (Wildman–Crippen LogP) is 2.70. The molecular weight excluding hydrogens is 248 g/mol. The van der Waals surface area contributed by atoms with Crippen molar-refractivity contribution >= 4 is 17.3 Å². The van der Waals surface area contributed by atoms with Gasteiger partial charge in [0.05, 0.1) is 6.61 Å². The summed E-state index contributed by atoms with van der Waals surface area (Å²) in [6.45, 7) is 6.56. The van der Waals surface area contributed by atoms with Crippen LogP contribution in [0.5, 0.6) is 0 Å². The molecule has 0 bridgehead atoms. The van der Waals surface area contributed by atoms with Crippen LogP contribution in [-0.4, -0.2) is 32.8 Å². The van der Waals surface area contributed by atoms with Gasteiger partial charge in [0.15, 0.2) is 0 Å². The van der Waals surface area contributed by atoms with E-state index in [-0.39, 0.29) is 0 Å². The van der Waals surface area contributed by atoms with Crippen LogP contribution in [0, 0.1) is 0 Å². The van der Waals surface area contributed by atoms with Crippen LogP contribution >= 0.6 is 11.6 Å². The summed E-state index contributed by atoms with van der Waals surface area (Å²) >= 11 is 6.06. The summed E-state index contributed by atoms with van der Waals surface area (Å²) in [5.74, 6) is 0. The molecule has 102 valence electrons. The summed E-state index contributed by atoms with van der Waals surface area (Å²) in [7, 11) is 1.72. The van der Waals surface area contributed by atoms with Crippen molar-refractivity contribution in [3.63, 3.8) is 0 Å². The molecule has 1 aromatic rings. The molecule has 1 rings (SSSR count). The third kappa shape index (κ3) is 4.16. The molecule has 0 aromatic heterocycles. The van der Waals surface area contributed by atoms with Gasteiger partial charge in [0, 0.05) is 30.4 Å². The van der Waals surface area contributed by atoms with Gasteiger partial charge < -0.3 is 15.4 Å². The SMILES string of the molecule is COCCN(c1ccc(Cl)cc1CCN)C(C)C. The lowest BCUT2D eigenvalue weighted by atomic mass is 10.1. The molecule has 0 amide bonds. The fourth-order valence-corrected chi connectivity index (χ4v) is 2.23. The molecule has 0 unspecified atom stereocenters. The Morgan fingerprint density at radius 2 is 2.11 bits per heavy atom. The zero-order valence-electron chi connectivity index (χ0n) is 11.4. The Morgan fingerprint density at radius 3 is 2.67 bits per heavy atom. The second-order valence-electron chi connectivity index (χ2n) is 4.59. The minimum Gasteiger partial charge on any atom is -0.383 e. The average molecular weight is 271 g/mol. The van der Waals surface area contributed by atoms with Gasteiger partial charge in [-0.15, -0.1) is 0 Å². The summed E-state index contributed by atoms with van der Waals surface area (Å²) in [5.41, 5.74) is 8.08. The predicted molar refractivity (Wildman–Crippen MR) is 78.6 cm³/mol. The number of nitrogens with two attached hydrogens (primary N) is 1. The normalized spacial score (nSPS) is 11.0. The van der Waals surface area contributed by atoms with E-state index in [1.54, 1.807) is 7.11 Å². The van der Waals surface area contributed by atoms with Crippen molar-refractivity contribution in [3.8, 4) is 0 Å². The van der Waals surface area contributed by atoms with Gasteiger partial charge in [-0.1, -0.05) is 11.6 Å². The molecule has 2 N–H and O–H groups in total. The largest absolute Gasteiger partial charge is 0.383 e. The van der Waals surface area contributed by atoms with E-state index in [0.29, 0.717) is 19.2 Å². The summed E-state index contributed by atoms with van der Waals surface area (Å²) in [6, 6.07) is 6.42. The van der Waals surface area contributed by atoms with Crippen molar-refractivity contribution < 1.29 is 4.74 Å². The Balaban J connectivity index is 3.01. The maximum Gasteiger partial charge on any atom is 0.0637 e. The fourth-order valence-electron chi connectivity index (χ4n) is 2.04. The lowest BCUT2D eigenvalue weighted by Crippen LogP contribution is -2.34. The van der Waals surface area contributed by atoms with Gasteiger partial charge in [-0.3, -0.25) is 0 Å². The van der Waals surface area contributed by atoms with Crippen molar-refractivity contribution in [2.45, 2.75) is 26.3 Å². The van der Waals surface area contributed by atoms with Crippen LogP contribution < -0.4 is 10.6 Å². The number of anilines is 1. The molecule has 0 aliphatic rings. The van der Waals surface area contributed by atoms with E-state index in [4.69, 9.17) is 22.1 Å². The molecule has 18 heavy (non-hydrogen) atoms. The fraction of sp³-hybridized carbons (Fsp3) is 0.571. The summed E-state index contributed by atoms with van der Waals surface area (Å²) in [5, 5.41) is 0.762. The minimum absolute atomic E-state index is 0.415. The van der Waals surface area contributed by atoms with E-state index in [9.17, 15) is 0 Å². The average Bonchev–Trinajstić information content (AvgIpc) is 2.32. The van der Waals surface area contributed by atoms with E-state index in [1.165, 1.54) is 11.3 Å². The Morgan fingerprint density at radius 1 is 1.39 bits per heavy atom. The second kappa shape index (κ2) is 7.62. The maximum absolute atomic E-state index is 6.06. The zero-order chi connectivity index (χ0) is 13.5. The van der Waals surface area contributed by atoms with Gasteiger partial charge in [-0.2, -0.15) is 0 Å². The number of hydrogen-bond donors (Lipinski definition) is 1. The van der Waals surface area contributed by atoms with Crippen LogP contribution in [0.25, 0.3) is 0 Å². The number of nitrogens with zero attached hydrogens (tertiary/aromatic N) is 1. The molecule has 0 saturated heterocycles.